The van der Waals surface area contributed by atoms with Gasteiger partial charge in [-0.1, -0.05) is 36.4 Å². The molecule has 1 saturated heterocycles. The number of likely N-dealkylation sites (tertiary alicyclic amines) is 1. The summed E-state index contributed by atoms with van der Waals surface area (Å²) in [6.07, 6.45) is 7.30. The summed E-state index contributed by atoms with van der Waals surface area (Å²) in [5.41, 5.74) is 5.80. The van der Waals surface area contributed by atoms with E-state index < -0.39 is 11.0 Å². The fourth-order valence-corrected chi connectivity index (χ4v) is 8.88. The molecule has 3 heterocycles. The molecule has 2 aromatic carbocycles. The number of ketones is 1. The molecular weight excluding hydrogens is 512 g/mol. The molecule has 1 saturated carbocycles. The smallest absolute Gasteiger partial charge is 0.166 e. The van der Waals surface area contributed by atoms with E-state index in [4.69, 9.17) is 9.47 Å². The van der Waals surface area contributed by atoms with Crippen LogP contribution in [0.25, 0.3) is 0 Å². The van der Waals surface area contributed by atoms with Gasteiger partial charge in [0.15, 0.2) is 17.6 Å². The number of carbonyl (C=O) groups excluding carboxylic acids is 1. The monoisotopic (exact) mass is 552 g/mol. The Balaban J connectivity index is 1.14. The highest BCUT2D eigenvalue weighted by Gasteiger charge is 2.73. The molecule has 0 amide bonds. The number of fused-ring (bicyclic) bond motifs is 2. The van der Waals surface area contributed by atoms with E-state index >= 15 is 0 Å². The van der Waals surface area contributed by atoms with Crippen LogP contribution in [0.15, 0.2) is 48.5 Å². The van der Waals surface area contributed by atoms with Crippen LogP contribution < -0.4 is 9.47 Å². The maximum atomic E-state index is 13.0. The molecule has 0 radical (unpaired) electrons. The molecule has 3 aromatic rings. The van der Waals surface area contributed by atoms with Gasteiger partial charge in [-0.3, -0.25) is 9.69 Å². The third kappa shape index (κ3) is 3.66. The molecule has 3 aliphatic carbocycles. The van der Waals surface area contributed by atoms with Crippen molar-refractivity contribution in [1.82, 2.24) is 9.47 Å². The fraction of sp³-hybridized carbons (Fsp3) is 0.514. The van der Waals surface area contributed by atoms with Crippen LogP contribution in [-0.4, -0.2) is 52.2 Å². The first-order valence-corrected chi connectivity index (χ1v) is 15.5. The van der Waals surface area contributed by atoms with Crippen LogP contribution in [-0.2, 0) is 42.9 Å². The predicted octanol–water partition coefficient (Wildman–Crippen LogP) is 4.87. The number of benzene rings is 2. The van der Waals surface area contributed by atoms with E-state index in [1.54, 1.807) is 7.11 Å². The van der Waals surface area contributed by atoms with Crippen LogP contribution in [0.2, 0.25) is 0 Å². The number of aromatic nitrogens is 1. The maximum Gasteiger partial charge on any atom is 0.166 e. The molecule has 2 fully saturated rings. The standard InChI is InChI=1S/C35H40N2O4/c1-36-26(12-14-27(38)13-10-22-6-4-3-5-7-22)18-25-20-35(39)29-19-24-11-15-28(40-2)32-30(24)34(35,33(41-32)31(25)36)16-17-37(29)21-23-8-9-23/h3-7,11,15,18,23,29,33,39H,8-10,12-14,16-17,19-21H2,1-2H3/t29-,33?,34-,35+/m0/s1. The predicted molar refractivity (Wildman–Crippen MR) is 157 cm³/mol. The van der Waals surface area contributed by atoms with Crippen LogP contribution in [0.3, 0.4) is 0 Å². The number of carbonyl (C=O) groups is 1. The molecule has 6 heteroatoms. The van der Waals surface area contributed by atoms with E-state index in [2.05, 4.69) is 40.8 Å². The second kappa shape index (κ2) is 9.20. The maximum absolute atomic E-state index is 13.0. The number of hydrogen-bond donors (Lipinski definition) is 1. The third-order valence-corrected chi connectivity index (χ3v) is 11.1. The van der Waals surface area contributed by atoms with Crippen molar-refractivity contribution in [3.05, 3.63) is 82.2 Å². The first-order chi connectivity index (χ1) is 19.9. The number of piperidine rings is 1. The average molecular weight is 553 g/mol. The van der Waals surface area contributed by atoms with Crippen molar-refractivity contribution in [2.75, 3.05) is 20.2 Å². The minimum absolute atomic E-state index is 0.0752. The second-order valence-corrected chi connectivity index (χ2v) is 13.2. The van der Waals surface area contributed by atoms with Crippen LogP contribution in [0.5, 0.6) is 11.5 Å². The molecule has 1 N–H and O–H groups in total. The van der Waals surface area contributed by atoms with Gasteiger partial charge in [0.2, 0.25) is 0 Å². The molecule has 5 aliphatic rings. The number of methoxy groups -OCH3 is 1. The minimum Gasteiger partial charge on any atom is -0.493 e. The van der Waals surface area contributed by atoms with E-state index in [-0.39, 0.29) is 12.1 Å². The normalized spacial score (nSPS) is 29.0. The summed E-state index contributed by atoms with van der Waals surface area (Å²) in [5.74, 6) is 2.66. The molecular formula is C35H40N2O4. The van der Waals surface area contributed by atoms with Crippen LogP contribution in [0.1, 0.15) is 71.8 Å². The Labute approximate surface area is 242 Å². The number of rotatable bonds is 9. The van der Waals surface area contributed by atoms with Gasteiger partial charge in [-0.25, -0.2) is 0 Å². The number of aryl methyl sites for hydroxylation is 2. The fourth-order valence-electron chi connectivity index (χ4n) is 8.88. The number of nitrogens with zero attached hydrogens (tertiary/aromatic N) is 2. The van der Waals surface area contributed by atoms with Crippen molar-refractivity contribution in [3.8, 4) is 11.5 Å². The van der Waals surface area contributed by atoms with Crippen molar-refractivity contribution in [3.63, 3.8) is 0 Å². The second-order valence-electron chi connectivity index (χ2n) is 13.2. The highest BCUT2D eigenvalue weighted by molar-refractivity contribution is 5.79. The van der Waals surface area contributed by atoms with Gasteiger partial charge < -0.3 is 19.1 Å². The van der Waals surface area contributed by atoms with Gasteiger partial charge in [0.05, 0.1) is 23.8 Å². The van der Waals surface area contributed by atoms with Gasteiger partial charge in [-0.15, -0.1) is 0 Å². The summed E-state index contributed by atoms with van der Waals surface area (Å²) in [4.78, 5) is 15.5. The van der Waals surface area contributed by atoms with Crippen LogP contribution >= 0.6 is 0 Å². The summed E-state index contributed by atoms with van der Waals surface area (Å²) in [6.45, 7) is 2.08. The lowest BCUT2D eigenvalue weighted by atomic mass is 9.49. The third-order valence-electron chi connectivity index (χ3n) is 11.1. The Morgan fingerprint density at radius 3 is 2.68 bits per heavy atom. The molecule has 1 spiro atoms. The number of ether oxygens (including phenoxy) is 2. The lowest BCUT2D eigenvalue weighted by molar-refractivity contribution is -0.173. The Morgan fingerprint density at radius 2 is 1.90 bits per heavy atom. The molecule has 6 nitrogen and oxygen atoms in total. The largest absolute Gasteiger partial charge is 0.493 e. The number of aliphatic hydroxyl groups is 1. The van der Waals surface area contributed by atoms with E-state index in [1.807, 2.05) is 24.3 Å². The van der Waals surface area contributed by atoms with Gasteiger partial charge in [0.25, 0.3) is 0 Å². The number of hydrogen-bond acceptors (Lipinski definition) is 5. The molecule has 2 bridgehead atoms. The van der Waals surface area contributed by atoms with Crippen molar-refractivity contribution in [2.45, 2.75) is 80.9 Å². The summed E-state index contributed by atoms with van der Waals surface area (Å²) < 4.78 is 15.0. The Morgan fingerprint density at radius 1 is 1.10 bits per heavy atom. The molecule has 1 unspecified atom stereocenters. The molecule has 8 rings (SSSR count). The van der Waals surface area contributed by atoms with E-state index in [0.717, 1.165) is 55.5 Å². The Bertz CT molecular complexity index is 1520. The summed E-state index contributed by atoms with van der Waals surface area (Å²) >= 11 is 0. The average Bonchev–Trinajstić information content (AvgIpc) is 3.65. The van der Waals surface area contributed by atoms with Gasteiger partial charge in [0, 0.05) is 50.2 Å². The zero-order chi connectivity index (χ0) is 27.9. The molecule has 4 atom stereocenters. The first kappa shape index (κ1) is 25.6. The lowest BCUT2D eigenvalue weighted by Crippen LogP contribution is -2.74. The van der Waals surface area contributed by atoms with Crippen molar-refractivity contribution in [2.24, 2.45) is 13.0 Å². The Hall–Kier alpha value is -3.09. The SMILES string of the molecule is COc1ccc2c3c1OC1c4c(cc(CCC(=O)CCc5ccccc5)n4C)C[C@@]4(O)[C@H](C2)N(CC2CC2)CC[C@]314. The van der Waals surface area contributed by atoms with E-state index in [0.29, 0.717) is 31.5 Å². The van der Waals surface area contributed by atoms with Crippen LogP contribution in [0, 0.1) is 5.92 Å². The highest BCUT2D eigenvalue weighted by Crippen LogP contribution is 2.69. The molecule has 2 aliphatic heterocycles. The summed E-state index contributed by atoms with van der Waals surface area (Å²) in [7, 11) is 3.83. The van der Waals surface area contributed by atoms with Gasteiger partial charge >= 0.3 is 0 Å². The topological polar surface area (TPSA) is 63.9 Å². The zero-order valence-electron chi connectivity index (χ0n) is 24.2. The van der Waals surface area contributed by atoms with E-state index in [1.165, 1.54) is 40.8 Å². The Kier molecular flexibility index (Phi) is 5.75. The van der Waals surface area contributed by atoms with Crippen molar-refractivity contribution >= 4 is 5.78 Å². The van der Waals surface area contributed by atoms with Crippen molar-refractivity contribution in [1.29, 1.82) is 0 Å². The van der Waals surface area contributed by atoms with Gasteiger partial charge in [-0.05, 0) is 79.8 Å². The zero-order valence-corrected chi connectivity index (χ0v) is 24.2. The molecule has 214 valence electrons. The van der Waals surface area contributed by atoms with E-state index in [9.17, 15) is 9.90 Å². The summed E-state index contributed by atoms with van der Waals surface area (Å²) in [6, 6.07) is 16.8. The van der Waals surface area contributed by atoms with Gasteiger partial charge in [0.1, 0.15) is 5.78 Å². The molecule has 1 aromatic heterocycles. The van der Waals surface area contributed by atoms with Gasteiger partial charge in [-0.2, -0.15) is 0 Å². The lowest BCUT2D eigenvalue weighted by Gasteiger charge is -2.63. The number of Topliss-reactive ketones (excluding diaryl/α,β-unsaturated/α-hetero) is 1. The van der Waals surface area contributed by atoms with Crippen molar-refractivity contribution < 1.29 is 19.4 Å². The minimum atomic E-state index is -0.910. The first-order valence-electron chi connectivity index (χ1n) is 15.5. The molecule has 41 heavy (non-hydrogen) atoms. The van der Waals surface area contributed by atoms with Crippen LogP contribution in [0.4, 0.5) is 0 Å². The summed E-state index contributed by atoms with van der Waals surface area (Å²) in [5, 5.41) is 13.0. The highest BCUT2D eigenvalue weighted by atomic mass is 16.5. The quantitative estimate of drug-likeness (QED) is 0.411.